The van der Waals surface area contributed by atoms with Gasteiger partial charge in [-0.25, -0.2) is 8.51 Å². The van der Waals surface area contributed by atoms with E-state index in [1.807, 2.05) is 54.6 Å². The summed E-state index contributed by atoms with van der Waals surface area (Å²) in [6.07, 6.45) is 3.94. The number of nitrogens with one attached hydrogen (secondary N) is 1. The summed E-state index contributed by atoms with van der Waals surface area (Å²) in [5.41, 5.74) is 2.35. The van der Waals surface area contributed by atoms with Crippen LogP contribution in [-0.2, 0) is 11.0 Å². The third-order valence-corrected chi connectivity index (χ3v) is 7.41. The van der Waals surface area contributed by atoms with Crippen molar-refractivity contribution in [3.8, 4) is 11.5 Å². The average Bonchev–Trinajstić information content (AvgIpc) is 2.74. The molecule has 1 saturated heterocycles. The van der Waals surface area contributed by atoms with Crippen LogP contribution in [0.1, 0.15) is 37.8 Å². The summed E-state index contributed by atoms with van der Waals surface area (Å²) in [6, 6.07) is 13.3. The first-order chi connectivity index (χ1) is 14.1. The molecule has 0 aliphatic carbocycles. The minimum absolute atomic E-state index is 0.216. The first-order valence-electron chi connectivity index (χ1n) is 10.3. The van der Waals surface area contributed by atoms with Crippen molar-refractivity contribution in [3.05, 3.63) is 59.7 Å². The predicted octanol–water partition coefficient (Wildman–Crippen LogP) is 3.70. The lowest BCUT2D eigenvalue weighted by Gasteiger charge is -2.40. The Bertz CT molecular complexity index is 930. The fraction of sp³-hybridized carbons (Fsp3) is 0.391. The number of aromatic hydroxyl groups is 1. The van der Waals surface area contributed by atoms with Crippen LogP contribution >= 0.6 is 0 Å². The number of ether oxygens (including phenoxy) is 1. The van der Waals surface area contributed by atoms with Crippen LogP contribution in [0.25, 0.3) is 5.57 Å². The van der Waals surface area contributed by atoms with E-state index in [0.717, 1.165) is 66.4 Å². The molecule has 2 aromatic rings. The van der Waals surface area contributed by atoms with Crippen molar-refractivity contribution in [3.63, 3.8) is 0 Å². The van der Waals surface area contributed by atoms with Gasteiger partial charge in [0.1, 0.15) is 28.1 Å². The van der Waals surface area contributed by atoms with Crippen LogP contribution in [0.4, 0.5) is 0 Å². The molecule has 154 valence electrons. The van der Waals surface area contributed by atoms with Crippen LogP contribution in [0.2, 0.25) is 0 Å². The first kappa shape index (κ1) is 20.1. The number of rotatable bonds is 5. The molecule has 2 aromatic carbocycles. The monoisotopic (exact) mass is 412 g/mol. The molecule has 0 saturated carbocycles. The maximum atomic E-state index is 12.7. The van der Waals surface area contributed by atoms with E-state index in [1.54, 1.807) is 6.07 Å². The summed E-state index contributed by atoms with van der Waals surface area (Å²) >= 11 is 0. The van der Waals surface area contributed by atoms with E-state index in [-0.39, 0.29) is 11.4 Å². The molecule has 1 unspecified atom stereocenters. The van der Waals surface area contributed by atoms with Gasteiger partial charge in [-0.15, -0.1) is 0 Å². The summed E-state index contributed by atoms with van der Waals surface area (Å²) in [6.45, 7) is 7.32. The number of nitrogens with zero attached hydrogens (tertiary/aromatic N) is 1. The molecule has 0 amide bonds. The Balaban J connectivity index is 1.74. The SMILES string of the molecule is CCN(CC)S(=O)c1ccc(C2=CC3(CCNCC3)Oc3cccc(O)c32)cc1. The number of phenols is 1. The van der Waals surface area contributed by atoms with Gasteiger partial charge >= 0.3 is 0 Å². The maximum Gasteiger partial charge on any atom is 0.132 e. The van der Waals surface area contributed by atoms with E-state index in [0.29, 0.717) is 0 Å². The molecule has 6 heteroatoms. The highest BCUT2D eigenvalue weighted by Gasteiger charge is 2.38. The summed E-state index contributed by atoms with van der Waals surface area (Å²) in [7, 11) is -1.16. The summed E-state index contributed by atoms with van der Waals surface area (Å²) in [4.78, 5) is 0.791. The zero-order valence-electron chi connectivity index (χ0n) is 17.0. The Morgan fingerprint density at radius 2 is 1.79 bits per heavy atom. The van der Waals surface area contributed by atoms with Crippen molar-refractivity contribution in [1.82, 2.24) is 9.62 Å². The number of hydrogen-bond donors (Lipinski definition) is 2. The van der Waals surface area contributed by atoms with E-state index in [1.165, 1.54) is 0 Å². The van der Waals surface area contributed by atoms with Gasteiger partial charge in [0.2, 0.25) is 0 Å². The van der Waals surface area contributed by atoms with Gasteiger partial charge in [-0.3, -0.25) is 0 Å². The Kier molecular flexibility index (Phi) is 5.76. The Labute approximate surface area is 175 Å². The Morgan fingerprint density at radius 1 is 1.10 bits per heavy atom. The van der Waals surface area contributed by atoms with E-state index < -0.39 is 11.0 Å². The van der Waals surface area contributed by atoms with Gasteiger partial charge in [0, 0.05) is 25.9 Å². The van der Waals surface area contributed by atoms with Crippen molar-refractivity contribution in [2.24, 2.45) is 0 Å². The van der Waals surface area contributed by atoms with Crippen LogP contribution < -0.4 is 10.1 Å². The van der Waals surface area contributed by atoms with Crippen molar-refractivity contribution >= 4 is 16.6 Å². The number of phenolic OH excluding ortho intramolecular Hbond substituents is 1. The van der Waals surface area contributed by atoms with Crippen LogP contribution in [-0.4, -0.2) is 45.4 Å². The zero-order chi connectivity index (χ0) is 20.4. The molecule has 0 aromatic heterocycles. The fourth-order valence-electron chi connectivity index (χ4n) is 4.14. The molecule has 2 aliphatic heterocycles. The number of hydrogen-bond acceptors (Lipinski definition) is 4. The second-order valence-electron chi connectivity index (χ2n) is 7.51. The van der Waals surface area contributed by atoms with Crippen molar-refractivity contribution in [1.29, 1.82) is 0 Å². The molecule has 1 fully saturated rings. The Hall–Kier alpha value is -2.15. The lowest BCUT2D eigenvalue weighted by molar-refractivity contribution is 0.0813. The molecule has 29 heavy (non-hydrogen) atoms. The van der Waals surface area contributed by atoms with E-state index in [4.69, 9.17) is 4.74 Å². The molecular weight excluding hydrogens is 384 g/mol. The van der Waals surface area contributed by atoms with Gasteiger partial charge in [-0.1, -0.05) is 32.0 Å². The molecule has 1 atom stereocenters. The van der Waals surface area contributed by atoms with Crippen LogP contribution in [0.5, 0.6) is 11.5 Å². The molecular formula is C23H28N2O3S. The topological polar surface area (TPSA) is 61.8 Å². The van der Waals surface area contributed by atoms with Crippen LogP contribution in [0.3, 0.4) is 0 Å². The molecule has 0 radical (unpaired) electrons. The van der Waals surface area contributed by atoms with Gasteiger partial charge in [-0.2, -0.15) is 0 Å². The predicted molar refractivity (Wildman–Crippen MR) is 116 cm³/mol. The zero-order valence-corrected chi connectivity index (χ0v) is 17.8. The number of benzene rings is 2. The minimum atomic E-state index is -1.16. The van der Waals surface area contributed by atoms with Gasteiger partial charge in [0.15, 0.2) is 0 Å². The molecule has 5 nitrogen and oxygen atoms in total. The smallest absolute Gasteiger partial charge is 0.132 e. The van der Waals surface area contributed by atoms with Gasteiger partial charge in [0.25, 0.3) is 0 Å². The minimum Gasteiger partial charge on any atom is -0.507 e. The van der Waals surface area contributed by atoms with Crippen LogP contribution in [0, 0.1) is 0 Å². The molecule has 2 N–H and O–H groups in total. The lowest BCUT2D eigenvalue weighted by atomic mass is 9.83. The molecule has 2 aliphatic rings. The molecule has 2 heterocycles. The number of piperidine rings is 1. The van der Waals surface area contributed by atoms with Crippen LogP contribution in [0.15, 0.2) is 53.4 Å². The van der Waals surface area contributed by atoms with Gasteiger partial charge < -0.3 is 15.2 Å². The van der Waals surface area contributed by atoms with Gasteiger partial charge in [0.05, 0.1) is 10.5 Å². The summed E-state index contributed by atoms with van der Waals surface area (Å²) in [5.74, 6) is 0.938. The normalized spacial score (nSPS) is 18.8. The highest BCUT2D eigenvalue weighted by Crippen LogP contribution is 2.46. The van der Waals surface area contributed by atoms with Crippen molar-refractivity contribution in [2.75, 3.05) is 26.2 Å². The summed E-state index contributed by atoms with van der Waals surface area (Å²) in [5, 5.41) is 14.0. The number of fused-ring (bicyclic) bond motifs is 1. The highest BCUT2D eigenvalue weighted by molar-refractivity contribution is 7.82. The average molecular weight is 413 g/mol. The summed E-state index contributed by atoms with van der Waals surface area (Å²) < 4.78 is 21.1. The molecule has 4 rings (SSSR count). The highest BCUT2D eigenvalue weighted by atomic mass is 32.2. The third kappa shape index (κ3) is 3.84. The third-order valence-electron chi connectivity index (χ3n) is 5.75. The molecule has 0 bridgehead atoms. The first-order valence-corrected chi connectivity index (χ1v) is 11.4. The Morgan fingerprint density at radius 3 is 2.45 bits per heavy atom. The quantitative estimate of drug-likeness (QED) is 0.786. The van der Waals surface area contributed by atoms with E-state index in [9.17, 15) is 9.32 Å². The maximum absolute atomic E-state index is 12.7. The largest absolute Gasteiger partial charge is 0.507 e. The fourth-order valence-corrected chi connectivity index (χ4v) is 5.28. The van der Waals surface area contributed by atoms with Gasteiger partial charge in [-0.05, 0) is 54.6 Å². The van der Waals surface area contributed by atoms with E-state index >= 15 is 0 Å². The van der Waals surface area contributed by atoms with E-state index in [2.05, 4.69) is 11.4 Å². The van der Waals surface area contributed by atoms with Crippen molar-refractivity contribution < 1.29 is 14.1 Å². The lowest BCUT2D eigenvalue weighted by Crippen LogP contribution is -2.46. The van der Waals surface area contributed by atoms with Crippen molar-refractivity contribution in [2.45, 2.75) is 37.2 Å². The molecule has 1 spiro atoms. The second-order valence-corrected chi connectivity index (χ2v) is 9.00. The standard InChI is InChI=1S/C23H28N2O3S/c1-3-25(4-2)29(27)18-10-8-17(9-11-18)19-16-23(12-14-24-15-13-23)28-21-7-5-6-20(26)22(19)21/h5-11,16,24,26H,3-4,12-15H2,1-2H3. The second kappa shape index (κ2) is 8.30.